The minimum absolute atomic E-state index is 0.0369. The molecule has 6 nitrogen and oxygen atoms in total. The van der Waals surface area contributed by atoms with Crippen LogP contribution < -0.4 is 4.74 Å². The summed E-state index contributed by atoms with van der Waals surface area (Å²) in [5, 5.41) is 11.3. The highest BCUT2D eigenvalue weighted by atomic mass is 19.1. The second-order valence-electron chi connectivity index (χ2n) is 8.99. The minimum Gasteiger partial charge on any atom is -0.507 e. The van der Waals surface area contributed by atoms with E-state index in [4.69, 9.17) is 4.74 Å². The van der Waals surface area contributed by atoms with Crippen LogP contribution in [0.15, 0.2) is 72.6 Å². The molecule has 2 heterocycles. The standard InChI is InChI=1S/C28H27FN2O4/c1-17(2)16-35-20-10-11-21(18(3)13-20)26(32)24-25(22-8-4-5-9-23(22)29)31(28(34)27(24)33)15-19-7-6-12-30-14-19/h4-14,17,25,32H,15-16H2,1-3H3. The second-order valence-corrected chi connectivity index (χ2v) is 8.99. The van der Waals surface area contributed by atoms with Crippen molar-refractivity contribution in [2.75, 3.05) is 6.61 Å². The van der Waals surface area contributed by atoms with E-state index in [1.165, 1.54) is 23.1 Å². The van der Waals surface area contributed by atoms with E-state index in [-0.39, 0.29) is 23.4 Å². The van der Waals surface area contributed by atoms with Gasteiger partial charge in [-0.2, -0.15) is 0 Å². The first-order chi connectivity index (χ1) is 16.8. The molecule has 0 spiro atoms. The summed E-state index contributed by atoms with van der Waals surface area (Å²) in [6.07, 6.45) is 3.18. The Kier molecular flexibility index (Phi) is 6.96. The molecule has 1 aliphatic heterocycles. The van der Waals surface area contributed by atoms with Crippen molar-refractivity contribution in [2.45, 2.75) is 33.4 Å². The molecule has 1 N–H and O–H groups in total. The first-order valence-electron chi connectivity index (χ1n) is 11.4. The molecule has 1 atom stereocenters. The van der Waals surface area contributed by atoms with Crippen LogP contribution in [0, 0.1) is 18.7 Å². The number of aromatic nitrogens is 1. The molecule has 35 heavy (non-hydrogen) atoms. The number of amides is 1. The van der Waals surface area contributed by atoms with Gasteiger partial charge in [0.15, 0.2) is 0 Å². The molecule has 1 amide bonds. The van der Waals surface area contributed by atoms with Crippen LogP contribution in [0.2, 0.25) is 0 Å². The molecule has 0 bridgehead atoms. The smallest absolute Gasteiger partial charge is 0.295 e. The summed E-state index contributed by atoms with van der Waals surface area (Å²) in [7, 11) is 0. The molecule has 1 fully saturated rings. The number of Topliss-reactive ketones (excluding diaryl/α,β-unsaturated/α-hetero) is 1. The molecule has 3 aromatic rings. The van der Waals surface area contributed by atoms with Crippen molar-refractivity contribution in [2.24, 2.45) is 5.92 Å². The fraction of sp³-hybridized carbons (Fsp3) is 0.250. The van der Waals surface area contributed by atoms with Gasteiger partial charge in [-0.25, -0.2) is 4.39 Å². The van der Waals surface area contributed by atoms with Crippen LogP contribution in [-0.2, 0) is 16.1 Å². The lowest BCUT2D eigenvalue weighted by molar-refractivity contribution is -0.140. The number of ether oxygens (including phenoxy) is 1. The van der Waals surface area contributed by atoms with Crippen LogP contribution in [-0.4, -0.2) is 33.3 Å². The van der Waals surface area contributed by atoms with Gasteiger partial charge in [-0.3, -0.25) is 14.6 Å². The molecular formula is C28H27FN2O4. The fourth-order valence-electron chi connectivity index (χ4n) is 4.15. The maximum atomic E-state index is 14.9. The Hall–Kier alpha value is -4.00. The first-order valence-corrected chi connectivity index (χ1v) is 11.4. The van der Waals surface area contributed by atoms with E-state index in [0.717, 1.165) is 0 Å². The van der Waals surface area contributed by atoms with Crippen molar-refractivity contribution in [1.82, 2.24) is 9.88 Å². The molecule has 0 aliphatic carbocycles. The summed E-state index contributed by atoms with van der Waals surface area (Å²) in [5.41, 5.74) is 1.70. The summed E-state index contributed by atoms with van der Waals surface area (Å²) in [6, 6.07) is 13.5. The third kappa shape index (κ3) is 4.94. The van der Waals surface area contributed by atoms with Gasteiger partial charge in [0, 0.05) is 30.1 Å². The summed E-state index contributed by atoms with van der Waals surface area (Å²) in [6.45, 7) is 6.44. The third-order valence-electron chi connectivity index (χ3n) is 5.85. The van der Waals surface area contributed by atoms with E-state index in [9.17, 15) is 19.1 Å². The van der Waals surface area contributed by atoms with E-state index in [1.54, 1.807) is 55.7 Å². The summed E-state index contributed by atoms with van der Waals surface area (Å²) >= 11 is 0. The quantitative estimate of drug-likeness (QED) is 0.290. The zero-order valence-corrected chi connectivity index (χ0v) is 19.9. The molecule has 1 saturated heterocycles. The zero-order chi connectivity index (χ0) is 25.1. The monoisotopic (exact) mass is 474 g/mol. The summed E-state index contributed by atoms with van der Waals surface area (Å²) in [4.78, 5) is 31.6. The number of pyridine rings is 1. The van der Waals surface area contributed by atoms with Crippen molar-refractivity contribution in [3.63, 3.8) is 0 Å². The van der Waals surface area contributed by atoms with Crippen LogP contribution in [0.25, 0.3) is 5.76 Å². The Labute approximate surface area is 203 Å². The number of nitrogens with zero attached hydrogens (tertiary/aromatic N) is 2. The van der Waals surface area contributed by atoms with Crippen LogP contribution in [0.4, 0.5) is 4.39 Å². The van der Waals surface area contributed by atoms with Gasteiger partial charge < -0.3 is 14.7 Å². The Morgan fingerprint density at radius 2 is 1.91 bits per heavy atom. The molecule has 4 rings (SSSR count). The van der Waals surface area contributed by atoms with Crippen molar-refractivity contribution >= 4 is 17.4 Å². The average molecular weight is 475 g/mol. The lowest BCUT2D eigenvalue weighted by Crippen LogP contribution is -2.29. The van der Waals surface area contributed by atoms with Gasteiger partial charge in [-0.1, -0.05) is 38.1 Å². The maximum absolute atomic E-state index is 14.9. The zero-order valence-electron chi connectivity index (χ0n) is 19.9. The largest absolute Gasteiger partial charge is 0.507 e. The van der Waals surface area contributed by atoms with Gasteiger partial charge in [-0.15, -0.1) is 0 Å². The lowest BCUT2D eigenvalue weighted by atomic mass is 9.93. The van der Waals surface area contributed by atoms with E-state index in [2.05, 4.69) is 4.98 Å². The minimum atomic E-state index is -1.09. The van der Waals surface area contributed by atoms with Crippen molar-refractivity contribution in [3.8, 4) is 5.75 Å². The topological polar surface area (TPSA) is 79.7 Å². The van der Waals surface area contributed by atoms with Crippen LogP contribution in [0.3, 0.4) is 0 Å². The number of benzene rings is 2. The van der Waals surface area contributed by atoms with Crippen molar-refractivity contribution in [1.29, 1.82) is 0 Å². The normalized spacial score (nSPS) is 17.3. The van der Waals surface area contributed by atoms with Crippen LogP contribution >= 0.6 is 0 Å². The van der Waals surface area contributed by atoms with Gasteiger partial charge in [0.25, 0.3) is 11.7 Å². The van der Waals surface area contributed by atoms with E-state index >= 15 is 0 Å². The molecule has 0 saturated carbocycles. The van der Waals surface area contributed by atoms with Gasteiger partial charge >= 0.3 is 0 Å². The molecule has 1 aliphatic rings. The predicted octanol–water partition coefficient (Wildman–Crippen LogP) is 5.19. The predicted molar refractivity (Wildman–Crippen MR) is 130 cm³/mol. The lowest BCUT2D eigenvalue weighted by Gasteiger charge is -2.25. The van der Waals surface area contributed by atoms with Gasteiger partial charge in [0.05, 0.1) is 18.2 Å². The number of rotatable bonds is 7. The Balaban J connectivity index is 1.81. The van der Waals surface area contributed by atoms with Gasteiger partial charge in [0.2, 0.25) is 0 Å². The third-order valence-corrected chi connectivity index (χ3v) is 5.85. The van der Waals surface area contributed by atoms with Crippen molar-refractivity contribution in [3.05, 3.63) is 101 Å². The number of carbonyl (C=O) groups excluding carboxylic acids is 2. The number of hydrogen-bond acceptors (Lipinski definition) is 5. The van der Waals surface area contributed by atoms with Gasteiger partial charge in [-0.05, 0) is 54.3 Å². The van der Waals surface area contributed by atoms with Crippen molar-refractivity contribution < 1.29 is 23.8 Å². The van der Waals surface area contributed by atoms with E-state index < -0.39 is 23.5 Å². The Morgan fingerprint density at radius 1 is 1.14 bits per heavy atom. The van der Waals surface area contributed by atoms with E-state index in [1.807, 2.05) is 13.8 Å². The van der Waals surface area contributed by atoms with Crippen LogP contribution in [0.5, 0.6) is 5.75 Å². The molecule has 180 valence electrons. The fourth-order valence-corrected chi connectivity index (χ4v) is 4.15. The number of ketones is 1. The Bertz CT molecular complexity index is 1290. The van der Waals surface area contributed by atoms with Gasteiger partial charge in [0.1, 0.15) is 17.3 Å². The molecule has 1 unspecified atom stereocenters. The highest BCUT2D eigenvalue weighted by Crippen LogP contribution is 2.41. The summed E-state index contributed by atoms with van der Waals surface area (Å²) < 4.78 is 20.7. The number of hydrogen-bond donors (Lipinski definition) is 1. The summed E-state index contributed by atoms with van der Waals surface area (Å²) in [5.74, 6) is -1.61. The molecule has 0 radical (unpaired) electrons. The average Bonchev–Trinajstić information content (AvgIpc) is 3.08. The number of carbonyl (C=O) groups is 2. The number of halogens is 1. The molecule has 1 aromatic heterocycles. The number of aryl methyl sites for hydroxylation is 1. The molecule has 2 aromatic carbocycles. The van der Waals surface area contributed by atoms with E-state index in [0.29, 0.717) is 35.0 Å². The first kappa shape index (κ1) is 24.1. The Morgan fingerprint density at radius 3 is 2.57 bits per heavy atom. The SMILES string of the molecule is Cc1cc(OCC(C)C)ccc1C(O)=C1C(=O)C(=O)N(Cc2cccnc2)C1c1ccccc1F. The molecular weight excluding hydrogens is 447 g/mol. The number of likely N-dealkylation sites (tertiary alicyclic amines) is 1. The number of aliphatic hydroxyl groups excluding tert-OH is 1. The molecule has 7 heteroatoms. The maximum Gasteiger partial charge on any atom is 0.295 e. The second kappa shape index (κ2) is 10.1. The number of aliphatic hydroxyl groups is 1. The highest BCUT2D eigenvalue weighted by molar-refractivity contribution is 6.46. The highest BCUT2D eigenvalue weighted by Gasteiger charge is 2.47. The van der Waals surface area contributed by atoms with Crippen LogP contribution in [0.1, 0.15) is 42.1 Å².